The third-order valence-corrected chi connectivity index (χ3v) is 3.34. The van der Waals surface area contributed by atoms with Crippen LogP contribution in [0.2, 0.25) is 0 Å². The summed E-state index contributed by atoms with van der Waals surface area (Å²) in [4.78, 5) is 6.27. The van der Waals surface area contributed by atoms with Gasteiger partial charge in [-0.3, -0.25) is 0 Å². The number of hydrogen-bond acceptors (Lipinski definition) is 4. The van der Waals surface area contributed by atoms with Crippen molar-refractivity contribution in [2.24, 2.45) is 0 Å². The highest BCUT2D eigenvalue weighted by molar-refractivity contribution is 8.04. The van der Waals surface area contributed by atoms with Gasteiger partial charge in [-0.2, -0.15) is 4.33 Å². The minimum atomic E-state index is 0.670. The number of hydrogen-bond donors (Lipinski definition) is 0. The maximum atomic E-state index is 4.86. The Hall–Kier alpha value is 0.360. The fourth-order valence-corrected chi connectivity index (χ4v) is 2.44. The van der Waals surface area contributed by atoms with Crippen molar-refractivity contribution < 1.29 is 9.22 Å². The Kier molecular flexibility index (Phi) is 4.37. The van der Waals surface area contributed by atoms with E-state index < -0.39 is 0 Å². The molecule has 1 rings (SSSR count). The molecule has 1 heterocycles. The first kappa shape index (κ1) is 9.45. The third-order valence-electron chi connectivity index (χ3n) is 1.57. The van der Waals surface area contributed by atoms with Crippen LogP contribution in [0.1, 0.15) is 13.3 Å². The van der Waals surface area contributed by atoms with Crippen molar-refractivity contribution >= 4 is 23.8 Å². The second-order valence-electron chi connectivity index (χ2n) is 2.31. The number of rotatable bonds is 1. The van der Waals surface area contributed by atoms with Crippen LogP contribution in [0.3, 0.4) is 0 Å². The summed E-state index contributed by atoms with van der Waals surface area (Å²) in [5.41, 5.74) is 1.42. The van der Waals surface area contributed by atoms with Gasteiger partial charge in [0.1, 0.15) is 0 Å². The molecule has 0 bridgehead atoms. The Bertz CT molecular complexity index is 157. The van der Waals surface area contributed by atoms with Gasteiger partial charge >= 0.3 is 0 Å². The zero-order chi connectivity index (χ0) is 8.10. The van der Waals surface area contributed by atoms with Crippen molar-refractivity contribution in [2.45, 2.75) is 13.3 Å². The Morgan fingerprint density at radius 2 is 2.36 bits per heavy atom. The Morgan fingerprint density at radius 1 is 1.55 bits per heavy atom. The molecule has 0 aromatic carbocycles. The predicted molar refractivity (Wildman–Crippen MR) is 50.3 cm³/mol. The van der Waals surface area contributed by atoms with Gasteiger partial charge in [0.05, 0.1) is 12.4 Å². The zero-order valence-corrected chi connectivity index (χ0v) is 8.39. The smallest absolute Gasteiger partial charge is 0.0872 e. The average molecular weight is 192 g/mol. The Balaban J connectivity index is 2.56. The molecule has 0 fully saturated rings. The molecular weight excluding hydrogens is 180 g/mol. The molecule has 2 nitrogen and oxygen atoms in total. The van der Waals surface area contributed by atoms with E-state index in [4.69, 9.17) is 9.22 Å². The second kappa shape index (κ2) is 5.09. The summed E-state index contributed by atoms with van der Waals surface area (Å²) in [7, 11) is 0. The van der Waals surface area contributed by atoms with Gasteiger partial charge in [0.25, 0.3) is 0 Å². The van der Waals surface area contributed by atoms with Gasteiger partial charge in [0.2, 0.25) is 0 Å². The van der Waals surface area contributed by atoms with Gasteiger partial charge in [-0.25, -0.2) is 4.89 Å². The molecule has 0 atom stereocenters. The first-order valence-electron chi connectivity index (χ1n) is 3.48. The molecule has 0 unspecified atom stereocenters. The predicted octanol–water partition coefficient (Wildman–Crippen LogP) is 2.62. The molecule has 64 valence electrons. The van der Waals surface area contributed by atoms with Crippen LogP contribution >= 0.6 is 23.8 Å². The maximum absolute atomic E-state index is 4.86. The molecule has 4 heteroatoms. The average Bonchev–Trinajstić information content (AvgIpc) is 1.98. The molecule has 0 saturated heterocycles. The van der Waals surface area contributed by atoms with E-state index in [1.807, 2.05) is 0 Å². The van der Waals surface area contributed by atoms with E-state index in [1.165, 1.54) is 22.5 Å². The van der Waals surface area contributed by atoms with Crippen LogP contribution in [-0.4, -0.2) is 18.6 Å². The standard InChI is InChI=1S/C7H12O2S2/c1-6-3-4-8-9-11-5-7(6)10-2/h3-5H2,1-2H3/b7-6+. The first-order valence-corrected chi connectivity index (χ1v) is 5.62. The van der Waals surface area contributed by atoms with Crippen LogP contribution in [0.4, 0.5) is 0 Å². The molecule has 1 aliphatic heterocycles. The van der Waals surface area contributed by atoms with E-state index in [0.29, 0.717) is 6.61 Å². The van der Waals surface area contributed by atoms with E-state index in [9.17, 15) is 0 Å². The normalized spacial score (nSPS) is 27.8. The van der Waals surface area contributed by atoms with Crippen molar-refractivity contribution in [3.8, 4) is 0 Å². The summed E-state index contributed by atoms with van der Waals surface area (Å²) in [6.45, 7) is 2.82. The Labute approximate surface area is 75.8 Å². The highest BCUT2D eigenvalue weighted by atomic mass is 32.2. The highest BCUT2D eigenvalue weighted by Crippen LogP contribution is 2.26. The SMILES string of the molecule is CS/C1=C(\C)CCOOSC1. The van der Waals surface area contributed by atoms with Gasteiger partial charge in [-0.1, -0.05) is 5.57 Å². The van der Waals surface area contributed by atoms with Crippen molar-refractivity contribution in [3.63, 3.8) is 0 Å². The summed E-state index contributed by atoms with van der Waals surface area (Å²) < 4.78 is 4.82. The van der Waals surface area contributed by atoms with E-state index in [2.05, 4.69) is 13.2 Å². The topological polar surface area (TPSA) is 18.5 Å². The van der Waals surface area contributed by atoms with E-state index >= 15 is 0 Å². The monoisotopic (exact) mass is 192 g/mol. The lowest BCUT2D eigenvalue weighted by Gasteiger charge is -2.12. The Morgan fingerprint density at radius 3 is 3.09 bits per heavy atom. The zero-order valence-electron chi connectivity index (χ0n) is 6.75. The van der Waals surface area contributed by atoms with E-state index in [-0.39, 0.29) is 0 Å². The van der Waals surface area contributed by atoms with Crippen LogP contribution in [0.15, 0.2) is 10.5 Å². The molecular formula is C7H12O2S2. The fraction of sp³-hybridized carbons (Fsp3) is 0.714. The molecule has 11 heavy (non-hydrogen) atoms. The minimum Gasteiger partial charge on any atom is -0.224 e. The summed E-state index contributed by atoms with van der Waals surface area (Å²) in [5, 5.41) is 0. The van der Waals surface area contributed by atoms with Crippen LogP contribution in [-0.2, 0) is 9.22 Å². The fourth-order valence-electron chi connectivity index (χ4n) is 0.836. The van der Waals surface area contributed by atoms with E-state index in [0.717, 1.165) is 12.2 Å². The van der Waals surface area contributed by atoms with Gasteiger partial charge < -0.3 is 0 Å². The van der Waals surface area contributed by atoms with Gasteiger partial charge in [0.15, 0.2) is 0 Å². The molecule has 0 radical (unpaired) electrons. The lowest BCUT2D eigenvalue weighted by Crippen LogP contribution is -2.00. The highest BCUT2D eigenvalue weighted by Gasteiger charge is 2.06. The quantitative estimate of drug-likeness (QED) is 0.469. The van der Waals surface area contributed by atoms with Crippen molar-refractivity contribution in [3.05, 3.63) is 10.5 Å². The van der Waals surface area contributed by atoms with Crippen molar-refractivity contribution in [1.82, 2.24) is 0 Å². The second-order valence-corrected chi connectivity index (χ2v) is 3.87. The third kappa shape index (κ3) is 3.07. The van der Waals surface area contributed by atoms with Crippen molar-refractivity contribution in [1.29, 1.82) is 0 Å². The summed E-state index contributed by atoms with van der Waals surface area (Å²) in [5.74, 6) is 0.910. The molecule has 0 aromatic heterocycles. The molecule has 0 N–H and O–H groups in total. The summed E-state index contributed by atoms with van der Waals surface area (Å²) >= 11 is 3.16. The van der Waals surface area contributed by atoms with Gasteiger partial charge in [0, 0.05) is 12.0 Å². The lowest BCUT2D eigenvalue weighted by molar-refractivity contribution is -0.189. The molecule has 0 amide bonds. The maximum Gasteiger partial charge on any atom is 0.0872 e. The molecule has 0 aromatic rings. The summed E-state index contributed by atoms with van der Waals surface area (Å²) in [6, 6.07) is 0. The van der Waals surface area contributed by atoms with Gasteiger partial charge in [-0.15, -0.1) is 11.8 Å². The first-order chi connectivity index (χ1) is 5.34. The molecule has 0 aliphatic carbocycles. The van der Waals surface area contributed by atoms with Crippen molar-refractivity contribution in [2.75, 3.05) is 18.6 Å². The summed E-state index contributed by atoms with van der Waals surface area (Å²) in [6.07, 6.45) is 3.08. The minimum absolute atomic E-state index is 0.670. The van der Waals surface area contributed by atoms with E-state index in [1.54, 1.807) is 11.8 Å². The molecule has 0 spiro atoms. The largest absolute Gasteiger partial charge is 0.224 e. The molecule has 0 saturated carbocycles. The van der Waals surface area contributed by atoms with Gasteiger partial charge in [-0.05, 0) is 24.5 Å². The number of thioether (sulfide) groups is 1. The molecule has 1 aliphatic rings. The van der Waals surface area contributed by atoms with Crippen LogP contribution < -0.4 is 0 Å². The lowest BCUT2D eigenvalue weighted by atomic mass is 10.2. The van der Waals surface area contributed by atoms with Crippen LogP contribution in [0.25, 0.3) is 0 Å². The van der Waals surface area contributed by atoms with Crippen LogP contribution in [0.5, 0.6) is 0 Å². The van der Waals surface area contributed by atoms with Crippen LogP contribution in [0, 0.1) is 0 Å².